The number of H-pyrrole nitrogens is 1. The number of carbonyl (C=O) groups is 13. The molecule has 0 fully saturated rings. The van der Waals surface area contributed by atoms with E-state index in [1.165, 1.54) is 19.1 Å². The highest BCUT2D eigenvalue weighted by atomic mass is 16.3. The van der Waals surface area contributed by atoms with Gasteiger partial charge in [0.05, 0.1) is 111 Å². The monoisotopic (exact) mass is 1510 g/mol. The van der Waals surface area contributed by atoms with Gasteiger partial charge in [-0.1, -0.05) is 95.4 Å². The Labute approximate surface area is 636 Å². The summed E-state index contributed by atoms with van der Waals surface area (Å²) in [6.45, 7) is 16.1. The van der Waals surface area contributed by atoms with Gasteiger partial charge in [0.15, 0.2) is 57.8 Å². The zero-order valence-corrected chi connectivity index (χ0v) is 65.3. The molecule has 108 heavy (non-hydrogen) atoms. The van der Waals surface area contributed by atoms with Gasteiger partial charge in [0.2, 0.25) is 17.7 Å². The summed E-state index contributed by atoms with van der Waals surface area (Å²) in [4.78, 5) is 182. The van der Waals surface area contributed by atoms with E-state index in [0.29, 0.717) is 43.2 Å². The molecule has 2 aromatic carbocycles. The minimum atomic E-state index is -1.59. The molecule has 2 heterocycles. The average Bonchev–Trinajstić information content (AvgIpc) is 1.61. The first-order valence-electron chi connectivity index (χ1n) is 38.5. The van der Waals surface area contributed by atoms with Crippen molar-refractivity contribution in [2.24, 2.45) is 23.1 Å². The summed E-state index contributed by atoms with van der Waals surface area (Å²) < 4.78 is 0. The van der Waals surface area contributed by atoms with E-state index in [-0.39, 0.29) is 125 Å². The minimum absolute atomic E-state index is 0.00768. The van der Waals surface area contributed by atoms with Crippen molar-refractivity contribution >= 4 is 86.5 Å². The van der Waals surface area contributed by atoms with Crippen LogP contribution in [0.5, 0.6) is 5.75 Å². The van der Waals surface area contributed by atoms with Gasteiger partial charge in [-0.2, -0.15) is 0 Å². The number of ketones is 10. The number of primary amides is 1. The molecule has 0 saturated carbocycles. The molecular formula is C79H125N15O14. The van der Waals surface area contributed by atoms with Gasteiger partial charge in [0, 0.05) is 49.6 Å². The maximum atomic E-state index is 14.7. The number of nitrogens with one attached hydrogen (secondary N) is 12. The molecule has 0 saturated heterocycles. The molecule has 4 rings (SSSR count). The maximum Gasteiger partial charge on any atom is 0.239 e. The van der Waals surface area contributed by atoms with Crippen molar-refractivity contribution in [3.05, 3.63) is 78.0 Å². The molecule has 1 aliphatic rings. The number of para-hydroxylation sites is 1. The van der Waals surface area contributed by atoms with Gasteiger partial charge in [-0.3, -0.25) is 78.3 Å². The number of allylic oxidation sites excluding steroid dienone is 2. The minimum Gasteiger partial charge on any atom is -0.508 e. The Kier molecular flexibility index (Phi) is 41.1. The number of hydrogen-bond acceptors (Lipinski definition) is 25. The van der Waals surface area contributed by atoms with Gasteiger partial charge in [0.1, 0.15) is 11.8 Å². The van der Waals surface area contributed by atoms with Crippen LogP contribution < -0.4 is 75.9 Å². The zero-order chi connectivity index (χ0) is 80.1. The van der Waals surface area contributed by atoms with Crippen LogP contribution in [0.1, 0.15) is 196 Å². The van der Waals surface area contributed by atoms with Gasteiger partial charge in [-0.05, 0) is 148 Å². The van der Waals surface area contributed by atoms with Crippen LogP contribution in [0.25, 0.3) is 10.9 Å². The van der Waals surface area contributed by atoms with Gasteiger partial charge >= 0.3 is 0 Å². The zero-order valence-electron chi connectivity index (χ0n) is 65.3. The van der Waals surface area contributed by atoms with E-state index in [1.54, 1.807) is 59.9 Å². The quantitative estimate of drug-likeness (QED) is 0.0250. The second-order valence-corrected chi connectivity index (χ2v) is 29.9. The van der Waals surface area contributed by atoms with Crippen LogP contribution in [0.3, 0.4) is 0 Å². The fraction of sp³-hybridized carbons (Fsp3) is 0.633. The average molecular weight is 1510 g/mol. The topological polar surface area (TPSA) is 468 Å². The van der Waals surface area contributed by atoms with Crippen LogP contribution in [0.15, 0.2) is 66.9 Å². The standard InChI is InChI=1S/C79H125N15O14/c1-11-12-25-60(71(102)45-85-53(7)69(100)42-80)90-48-89-50(4)65(96)33-36-83-51(5)67(98)41-73(104)79(10)35-23-19-17-15-13-14-16-18-22-34-78(9,82)74(105)47-86-54(8)70(101)44-88-63(38-55-27-29-57(95)30-28-55)76(107)91-62(39-56-43-87-59-26-21-20-24-58(56)59)68(99)40-66(97)52(6)84-46-72(103)61(31-32-75(81)106)93-94-64(37-49(2)3)77(108)92-79/h15,17,20-21,24,26-30,43,49-54,60-64,83-90,93-95H,11-14,16,18-19,22-23,25,31-42,44-48,80,82H2,1-10H3,(H2,81,106)(H,91,107)(H,92,108)/t50-,51-,52-,53-,54-,60-,61-,62-,63-,64-,78+,79-/m0/s1. The van der Waals surface area contributed by atoms with Crippen molar-refractivity contribution in [2.75, 3.05) is 45.9 Å². The number of unbranched alkanes of at least 4 members (excludes halogenated alkanes) is 1. The number of aromatic hydroxyl groups is 1. The molecule has 0 radical (unpaired) electrons. The number of fused-ring (bicyclic) bond motifs is 1. The number of Topliss-reactive ketones (excluding diaryl/α,β-unsaturated/α-hetero) is 10. The second-order valence-electron chi connectivity index (χ2n) is 29.9. The van der Waals surface area contributed by atoms with Gasteiger partial charge in [-0.25, -0.2) is 10.9 Å². The van der Waals surface area contributed by atoms with Crippen LogP contribution in [-0.2, 0) is 75.2 Å². The number of nitrogens with two attached hydrogens (primary N) is 3. The van der Waals surface area contributed by atoms with Crippen molar-refractivity contribution in [1.29, 1.82) is 0 Å². The van der Waals surface area contributed by atoms with E-state index < -0.39 is 138 Å². The molecule has 0 spiro atoms. The van der Waals surface area contributed by atoms with Gasteiger partial charge < -0.3 is 59.2 Å². The lowest BCUT2D eigenvalue weighted by atomic mass is 9.86. The highest BCUT2D eigenvalue weighted by molar-refractivity contribution is 6.07. The normalized spacial score (nSPS) is 23.9. The number of phenolic OH excluding ortho intramolecular Hbond substituents is 1. The third kappa shape index (κ3) is 33.2. The Morgan fingerprint density at radius 3 is 1.96 bits per heavy atom. The Balaban J connectivity index is 1.57. The molecule has 0 bridgehead atoms. The number of benzene rings is 2. The van der Waals surface area contributed by atoms with Gasteiger partial charge in [0.25, 0.3) is 0 Å². The maximum absolute atomic E-state index is 14.7. The molecule has 12 atom stereocenters. The van der Waals surface area contributed by atoms with Crippen LogP contribution in [0.4, 0.5) is 0 Å². The van der Waals surface area contributed by atoms with Crippen molar-refractivity contribution in [2.45, 2.75) is 269 Å². The van der Waals surface area contributed by atoms with E-state index in [4.69, 9.17) is 17.2 Å². The molecule has 0 unspecified atom stereocenters. The number of rotatable bonds is 31. The van der Waals surface area contributed by atoms with Crippen LogP contribution in [0, 0.1) is 5.92 Å². The Morgan fingerprint density at radius 1 is 0.639 bits per heavy atom. The molecule has 600 valence electrons. The van der Waals surface area contributed by atoms with Crippen molar-refractivity contribution in [3.8, 4) is 5.75 Å². The van der Waals surface area contributed by atoms with E-state index >= 15 is 0 Å². The summed E-state index contributed by atoms with van der Waals surface area (Å²) in [7, 11) is 0. The van der Waals surface area contributed by atoms with E-state index in [1.807, 2.05) is 57.2 Å². The summed E-state index contributed by atoms with van der Waals surface area (Å²) in [5.41, 5.74) is 22.8. The lowest BCUT2D eigenvalue weighted by Crippen LogP contribution is -2.61. The third-order valence-corrected chi connectivity index (χ3v) is 20.1. The van der Waals surface area contributed by atoms with Crippen LogP contribution >= 0.6 is 0 Å². The Bertz CT molecular complexity index is 3490. The number of phenols is 1. The molecule has 3 aromatic rings. The molecule has 29 nitrogen and oxygen atoms in total. The molecule has 0 aliphatic carbocycles. The van der Waals surface area contributed by atoms with E-state index in [9.17, 15) is 67.4 Å². The highest BCUT2D eigenvalue weighted by Crippen LogP contribution is 2.23. The lowest BCUT2D eigenvalue weighted by Gasteiger charge is -2.33. The Hall–Kier alpha value is -7.81. The SMILES string of the molecule is CCCC[C@H](NCN[C@@H](C)C(=O)CCN[C@@H](C)C(=O)CC(=O)[C@]1(C)CCCC=CCCCCCC[C@@](C)(N)C(=O)CN[C@@H](C)C(=O)CN[C@@H](Cc2ccc(O)cc2)C(=O)N[C@@H](Cc2c[nH]c3ccccc23)C(=O)CC(=O)[C@H](C)NCC(=O)[C@H](CCC(N)=O)NN[C@@H](CC(C)C)C(=O)N1)C(=O)CN[C@@H](C)C(=O)CN. The molecule has 19 N–H and O–H groups in total. The number of amides is 3. The molecule has 1 aliphatic heterocycles. The molecular weight excluding hydrogens is 1380 g/mol. The fourth-order valence-corrected chi connectivity index (χ4v) is 12.4. The number of aromatic amines is 1. The number of hydrogen-bond donors (Lipinski definition) is 16. The summed E-state index contributed by atoms with van der Waals surface area (Å²) in [6, 6.07) is 4.23. The van der Waals surface area contributed by atoms with Crippen molar-refractivity contribution in [3.63, 3.8) is 0 Å². The smallest absolute Gasteiger partial charge is 0.239 e. The van der Waals surface area contributed by atoms with E-state index in [2.05, 4.69) is 63.7 Å². The number of aromatic nitrogens is 1. The first-order valence-corrected chi connectivity index (χ1v) is 38.5. The summed E-state index contributed by atoms with van der Waals surface area (Å²) >= 11 is 0. The highest BCUT2D eigenvalue weighted by Gasteiger charge is 2.39. The Morgan fingerprint density at radius 2 is 1.28 bits per heavy atom. The van der Waals surface area contributed by atoms with Crippen molar-refractivity contribution < 1.29 is 67.4 Å². The summed E-state index contributed by atoms with van der Waals surface area (Å²) in [5.74, 6) is -6.21. The predicted molar refractivity (Wildman–Crippen MR) is 416 cm³/mol. The fourth-order valence-electron chi connectivity index (χ4n) is 12.4. The van der Waals surface area contributed by atoms with Gasteiger partial charge in [-0.15, -0.1) is 0 Å². The largest absolute Gasteiger partial charge is 0.508 e. The van der Waals surface area contributed by atoms with Crippen molar-refractivity contribution in [1.82, 2.24) is 63.7 Å². The first kappa shape index (κ1) is 92.6. The van der Waals surface area contributed by atoms with E-state index in [0.717, 1.165) is 49.4 Å². The molecule has 1 aromatic heterocycles. The molecule has 3 amide bonds. The first-order chi connectivity index (χ1) is 51.2. The second kappa shape index (κ2) is 48.0. The molecule has 29 heteroatoms. The van der Waals surface area contributed by atoms with Crippen LogP contribution in [-0.4, -0.2) is 203 Å². The summed E-state index contributed by atoms with van der Waals surface area (Å²) in [5, 5.41) is 37.9. The van der Waals surface area contributed by atoms with Crippen LogP contribution in [0.2, 0.25) is 0 Å². The predicted octanol–water partition coefficient (Wildman–Crippen LogP) is 2.73. The number of carbonyl (C=O) groups excluding carboxylic acids is 13. The third-order valence-electron chi connectivity index (χ3n) is 20.1. The number of hydrazine groups is 1. The lowest BCUT2D eigenvalue weighted by molar-refractivity contribution is -0.136. The summed E-state index contributed by atoms with van der Waals surface area (Å²) in [6.07, 6.45) is 11.8.